The second-order valence-corrected chi connectivity index (χ2v) is 6.36. The van der Waals surface area contributed by atoms with Crippen molar-refractivity contribution in [3.8, 4) is 0 Å². The quantitative estimate of drug-likeness (QED) is 0.632. The van der Waals surface area contributed by atoms with Crippen molar-refractivity contribution in [2.75, 3.05) is 26.7 Å². The Balaban J connectivity index is 4.19. The highest BCUT2D eigenvalue weighted by Gasteiger charge is 2.26. The van der Waals surface area contributed by atoms with Crippen molar-refractivity contribution < 1.29 is 5.11 Å². The van der Waals surface area contributed by atoms with Crippen LogP contribution in [0.25, 0.3) is 0 Å². The predicted octanol–water partition coefficient (Wildman–Crippen LogP) is 2.49. The Morgan fingerprint density at radius 1 is 1.28 bits per heavy atom. The minimum atomic E-state index is -0.151. The number of rotatable bonds is 10. The summed E-state index contributed by atoms with van der Waals surface area (Å²) in [6, 6.07) is 0.491. The van der Waals surface area contributed by atoms with Crippen LogP contribution in [0, 0.1) is 5.92 Å². The monoisotopic (exact) mass is 258 g/mol. The molecule has 2 atom stereocenters. The van der Waals surface area contributed by atoms with Crippen LogP contribution in [0.3, 0.4) is 0 Å². The Kier molecular flexibility index (Phi) is 8.83. The molecule has 0 aliphatic rings. The van der Waals surface area contributed by atoms with E-state index in [0.29, 0.717) is 6.04 Å². The number of nitrogens with zero attached hydrogens (tertiary/aromatic N) is 1. The van der Waals surface area contributed by atoms with E-state index in [2.05, 4.69) is 51.9 Å². The Labute approximate surface area is 114 Å². The summed E-state index contributed by atoms with van der Waals surface area (Å²) in [5.74, 6) is 0.752. The first-order valence-electron chi connectivity index (χ1n) is 7.40. The molecule has 0 aromatic heterocycles. The number of aliphatic hydroxyl groups is 1. The first-order valence-corrected chi connectivity index (χ1v) is 7.40. The Morgan fingerprint density at radius 2 is 1.89 bits per heavy atom. The van der Waals surface area contributed by atoms with E-state index < -0.39 is 0 Å². The van der Waals surface area contributed by atoms with Crippen LogP contribution in [0.1, 0.15) is 53.9 Å². The average Bonchev–Trinajstić information content (AvgIpc) is 2.33. The summed E-state index contributed by atoms with van der Waals surface area (Å²) in [7, 11) is 2.19. The van der Waals surface area contributed by atoms with Crippen molar-refractivity contribution >= 4 is 0 Å². The van der Waals surface area contributed by atoms with Gasteiger partial charge in [0.15, 0.2) is 0 Å². The summed E-state index contributed by atoms with van der Waals surface area (Å²) in [5, 5.41) is 13.0. The molecule has 110 valence electrons. The molecule has 0 amide bonds. The highest BCUT2D eigenvalue weighted by atomic mass is 16.3. The molecule has 18 heavy (non-hydrogen) atoms. The fourth-order valence-electron chi connectivity index (χ4n) is 2.11. The summed E-state index contributed by atoms with van der Waals surface area (Å²) in [5.41, 5.74) is -0.151. The van der Waals surface area contributed by atoms with Crippen molar-refractivity contribution in [1.29, 1.82) is 0 Å². The molecule has 0 bridgehead atoms. The van der Waals surface area contributed by atoms with Gasteiger partial charge in [-0.1, -0.05) is 20.8 Å². The molecule has 0 spiro atoms. The van der Waals surface area contributed by atoms with Gasteiger partial charge in [0, 0.05) is 11.6 Å². The Morgan fingerprint density at radius 3 is 2.33 bits per heavy atom. The van der Waals surface area contributed by atoms with Crippen molar-refractivity contribution in [3.63, 3.8) is 0 Å². The van der Waals surface area contributed by atoms with Gasteiger partial charge in [-0.2, -0.15) is 0 Å². The van der Waals surface area contributed by atoms with Crippen molar-refractivity contribution in [3.05, 3.63) is 0 Å². The molecule has 3 heteroatoms. The lowest BCUT2D eigenvalue weighted by atomic mass is 9.93. The topological polar surface area (TPSA) is 35.5 Å². The molecule has 2 N–H and O–H groups in total. The van der Waals surface area contributed by atoms with E-state index in [-0.39, 0.29) is 12.1 Å². The fourth-order valence-corrected chi connectivity index (χ4v) is 2.11. The van der Waals surface area contributed by atoms with Gasteiger partial charge in [0.25, 0.3) is 0 Å². The molecule has 0 aliphatic heterocycles. The third kappa shape index (κ3) is 7.34. The second-order valence-electron chi connectivity index (χ2n) is 6.36. The van der Waals surface area contributed by atoms with Gasteiger partial charge in [-0.15, -0.1) is 0 Å². The van der Waals surface area contributed by atoms with Gasteiger partial charge in [0.1, 0.15) is 0 Å². The van der Waals surface area contributed by atoms with Crippen LogP contribution < -0.4 is 5.32 Å². The standard InChI is InChI=1S/C15H34N2O/c1-7-9-16-15(5,12-18)11-14(4)17(6)10-8-13(2)3/h13-14,16,18H,7-12H2,1-6H3. The molecule has 2 unspecified atom stereocenters. The molecular weight excluding hydrogens is 224 g/mol. The zero-order valence-electron chi connectivity index (χ0n) is 13.3. The average molecular weight is 258 g/mol. The van der Waals surface area contributed by atoms with Gasteiger partial charge in [0.05, 0.1) is 6.61 Å². The molecule has 0 saturated heterocycles. The van der Waals surface area contributed by atoms with Gasteiger partial charge < -0.3 is 15.3 Å². The van der Waals surface area contributed by atoms with Crippen LogP contribution in [-0.4, -0.2) is 48.3 Å². The molecule has 0 aromatic rings. The van der Waals surface area contributed by atoms with Crippen molar-refractivity contribution in [2.45, 2.75) is 65.5 Å². The van der Waals surface area contributed by atoms with Crippen LogP contribution >= 0.6 is 0 Å². The summed E-state index contributed by atoms with van der Waals surface area (Å²) < 4.78 is 0. The molecule has 0 aromatic carbocycles. The van der Waals surface area contributed by atoms with Crippen LogP contribution in [0.2, 0.25) is 0 Å². The van der Waals surface area contributed by atoms with Gasteiger partial charge >= 0.3 is 0 Å². The molecular formula is C15H34N2O. The number of aliphatic hydroxyl groups excluding tert-OH is 1. The van der Waals surface area contributed by atoms with Crippen molar-refractivity contribution in [2.24, 2.45) is 5.92 Å². The zero-order valence-corrected chi connectivity index (χ0v) is 13.3. The Bertz CT molecular complexity index is 209. The van der Waals surface area contributed by atoms with E-state index in [9.17, 15) is 5.11 Å². The van der Waals surface area contributed by atoms with Crippen LogP contribution in [0.15, 0.2) is 0 Å². The summed E-state index contributed by atoms with van der Waals surface area (Å²) in [6.45, 7) is 13.4. The van der Waals surface area contributed by atoms with E-state index in [1.165, 1.54) is 6.42 Å². The lowest BCUT2D eigenvalue weighted by molar-refractivity contribution is 0.124. The number of nitrogens with one attached hydrogen (secondary N) is 1. The fraction of sp³-hybridized carbons (Fsp3) is 1.00. The van der Waals surface area contributed by atoms with Gasteiger partial charge in [-0.05, 0) is 59.2 Å². The van der Waals surface area contributed by atoms with E-state index >= 15 is 0 Å². The first kappa shape index (κ1) is 17.9. The molecule has 0 aliphatic carbocycles. The van der Waals surface area contributed by atoms with Gasteiger partial charge in [0.2, 0.25) is 0 Å². The molecule has 0 heterocycles. The maximum absolute atomic E-state index is 9.58. The molecule has 0 fully saturated rings. The predicted molar refractivity (Wildman–Crippen MR) is 79.9 cm³/mol. The third-order valence-electron chi connectivity index (χ3n) is 3.71. The Hall–Kier alpha value is -0.120. The lowest BCUT2D eigenvalue weighted by Gasteiger charge is -2.35. The smallest absolute Gasteiger partial charge is 0.0611 e. The third-order valence-corrected chi connectivity index (χ3v) is 3.71. The summed E-state index contributed by atoms with van der Waals surface area (Å²) >= 11 is 0. The van der Waals surface area contributed by atoms with Crippen LogP contribution in [0.5, 0.6) is 0 Å². The minimum absolute atomic E-state index is 0.151. The first-order chi connectivity index (χ1) is 8.34. The maximum atomic E-state index is 9.58. The minimum Gasteiger partial charge on any atom is -0.394 e. The second kappa shape index (κ2) is 8.89. The zero-order chi connectivity index (χ0) is 14.2. The van der Waals surface area contributed by atoms with Crippen LogP contribution in [0.4, 0.5) is 0 Å². The van der Waals surface area contributed by atoms with E-state index in [1.54, 1.807) is 0 Å². The SMILES string of the molecule is CCCNC(C)(CO)CC(C)N(C)CCC(C)C. The highest BCUT2D eigenvalue weighted by Crippen LogP contribution is 2.16. The number of hydrogen-bond donors (Lipinski definition) is 2. The summed E-state index contributed by atoms with van der Waals surface area (Å²) in [4.78, 5) is 2.40. The number of hydrogen-bond acceptors (Lipinski definition) is 3. The molecule has 0 radical (unpaired) electrons. The van der Waals surface area contributed by atoms with E-state index in [4.69, 9.17) is 0 Å². The van der Waals surface area contributed by atoms with Crippen LogP contribution in [-0.2, 0) is 0 Å². The van der Waals surface area contributed by atoms with Crippen molar-refractivity contribution in [1.82, 2.24) is 10.2 Å². The summed E-state index contributed by atoms with van der Waals surface area (Å²) in [6.07, 6.45) is 3.32. The van der Waals surface area contributed by atoms with Gasteiger partial charge in [-0.3, -0.25) is 0 Å². The van der Waals surface area contributed by atoms with E-state index in [1.807, 2.05) is 0 Å². The normalized spacial score (nSPS) is 17.2. The lowest BCUT2D eigenvalue weighted by Crippen LogP contribution is -2.50. The maximum Gasteiger partial charge on any atom is 0.0611 e. The molecule has 0 rings (SSSR count). The largest absolute Gasteiger partial charge is 0.394 e. The highest BCUT2D eigenvalue weighted by molar-refractivity contribution is 4.86. The van der Waals surface area contributed by atoms with Gasteiger partial charge in [-0.25, -0.2) is 0 Å². The molecule has 0 saturated carbocycles. The van der Waals surface area contributed by atoms with E-state index in [0.717, 1.165) is 31.8 Å². The molecule has 3 nitrogen and oxygen atoms in total.